The van der Waals surface area contributed by atoms with Gasteiger partial charge >= 0.3 is 0 Å². The third kappa shape index (κ3) is 5.05. The van der Waals surface area contributed by atoms with Gasteiger partial charge in [0.15, 0.2) is 5.78 Å². The number of likely N-dealkylation sites (tertiary alicyclic amines) is 1. The fourth-order valence-electron chi connectivity index (χ4n) is 4.52. The Bertz CT molecular complexity index is 817. The monoisotopic (exact) mass is 392 g/mol. The van der Waals surface area contributed by atoms with Crippen LogP contribution in [0, 0.1) is 11.3 Å². The molecule has 29 heavy (non-hydrogen) atoms. The van der Waals surface area contributed by atoms with Crippen molar-refractivity contribution in [2.24, 2.45) is 11.3 Å². The van der Waals surface area contributed by atoms with Gasteiger partial charge in [0, 0.05) is 17.7 Å². The van der Waals surface area contributed by atoms with Gasteiger partial charge in [-0.3, -0.25) is 9.78 Å². The summed E-state index contributed by atoms with van der Waals surface area (Å²) in [5.41, 5.74) is 3.21. The highest BCUT2D eigenvalue weighted by atomic mass is 16.5. The van der Waals surface area contributed by atoms with Crippen molar-refractivity contribution in [2.45, 2.75) is 46.0 Å². The number of ketones is 1. The second kappa shape index (κ2) is 8.66. The van der Waals surface area contributed by atoms with E-state index in [4.69, 9.17) is 4.74 Å². The maximum Gasteiger partial charge on any atom is 0.159 e. The molecule has 0 unspecified atom stereocenters. The van der Waals surface area contributed by atoms with Crippen LogP contribution in [0.15, 0.2) is 42.6 Å². The molecule has 2 aromatic rings. The molecule has 1 saturated heterocycles. The first-order valence-electron chi connectivity index (χ1n) is 10.9. The van der Waals surface area contributed by atoms with Crippen LogP contribution in [0.5, 0.6) is 5.75 Å². The van der Waals surface area contributed by atoms with Gasteiger partial charge in [0.25, 0.3) is 0 Å². The molecular weight excluding hydrogens is 360 g/mol. The van der Waals surface area contributed by atoms with Crippen molar-refractivity contribution >= 4 is 5.78 Å². The van der Waals surface area contributed by atoms with E-state index >= 15 is 0 Å². The maximum absolute atomic E-state index is 11.4. The molecule has 4 nitrogen and oxygen atoms in total. The lowest BCUT2D eigenvalue weighted by Gasteiger charge is -2.44. The average Bonchev–Trinajstić information content (AvgIpc) is 2.72. The Kier molecular flexibility index (Phi) is 6.00. The molecule has 0 spiro atoms. The average molecular weight is 393 g/mol. The molecule has 1 aliphatic carbocycles. The minimum Gasteiger partial charge on any atom is -0.492 e. The van der Waals surface area contributed by atoms with Crippen molar-refractivity contribution in [2.75, 3.05) is 26.2 Å². The number of aromatic nitrogens is 1. The zero-order chi connectivity index (χ0) is 20.3. The molecule has 2 fully saturated rings. The van der Waals surface area contributed by atoms with E-state index in [1.165, 1.54) is 51.7 Å². The second-order valence-electron chi connectivity index (χ2n) is 9.21. The normalized spacial score (nSPS) is 19.5. The fourth-order valence-corrected chi connectivity index (χ4v) is 4.52. The van der Waals surface area contributed by atoms with Crippen molar-refractivity contribution in [3.63, 3.8) is 0 Å². The molecule has 1 aromatic heterocycles. The zero-order valence-corrected chi connectivity index (χ0v) is 17.7. The van der Waals surface area contributed by atoms with Crippen LogP contribution in [0.1, 0.15) is 56.3 Å². The van der Waals surface area contributed by atoms with E-state index in [9.17, 15) is 4.79 Å². The van der Waals surface area contributed by atoms with E-state index in [2.05, 4.69) is 16.8 Å². The molecule has 0 bridgehead atoms. The van der Waals surface area contributed by atoms with E-state index in [1.54, 1.807) is 13.1 Å². The lowest BCUT2D eigenvalue weighted by atomic mass is 9.70. The Labute approximate surface area is 174 Å². The summed E-state index contributed by atoms with van der Waals surface area (Å²) in [7, 11) is 0. The van der Waals surface area contributed by atoms with Crippen molar-refractivity contribution in [1.29, 1.82) is 0 Å². The number of ether oxygens (including phenoxy) is 1. The van der Waals surface area contributed by atoms with E-state index in [1.807, 2.05) is 36.4 Å². The summed E-state index contributed by atoms with van der Waals surface area (Å²) >= 11 is 0. The molecule has 4 heteroatoms. The number of piperidine rings is 1. The highest BCUT2D eigenvalue weighted by molar-refractivity contribution is 5.94. The lowest BCUT2D eigenvalue weighted by Crippen LogP contribution is -2.44. The molecular formula is C25H32N2O2. The molecule has 154 valence electrons. The quantitative estimate of drug-likeness (QED) is 0.605. The summed E-state index contributed by atoms with van der Waals surface area (Å²) < 4.78 is 6.03. The molecule has 2 aliphatic rings. The van der Waals surface area contributed by atoms with Crippen LogP contribution in [-0.2, 0) is 0 Å². The lowest BCUT2D eigenvalue weighted by molar-refractivity contribution is 0.0564. The van der Waals surface area contributed by atoms with Crippen molar-refractivity contribution < 1.29 is 9.53 Å². The van der Waals surface area contributed by atoms with Crippen molar-refractivity contribution in [3.8, 4) is 17.0 Å². The number of Topliss-reactive ketones (excluding diaryl/α,β-unsaturated/α-hetero) is 1. The topological polar surface area (TPSA) is 42.4 Å². The van der Waals surface area contributed by atoms with Crippen LogP contribution >= 0.6 is 0 Å². The first kappa shape index (κ1) is 20.1. The first-order valence-corrected chi connectivity index (χ1v) is 10.9. The molecule has 2 heterocycles. The van der Waals surface area contributed by atoms with Gasteiger partial charge in [-0.25, -0.2) is 0 Å². The number of nitrogens with zero attached hydrogens (tertiary/aromatic N) is 2. The summed E-state index contributed by atoms with van der Waals surface area (Å²) in [6.07, 6.45) is 8.48. The zero-order valence-electron chi connectivity index (χ0n) is 17.7. The largest absolute Gasteiger partial charge is 0.492 e. The smallest absolute Gasteiger partial charge is 0.159 e. The SMILES string of the molecule is CC(=O)c1ccc(-c2ccc(OCC3CCN(CC4(C)CCC4)CC3)cn2)cc1. The van der Waals surface area contributed by atoms with E-state index in [0.29, 0.717) is 11.3 Å². The van der Waals surface area contributed by atoms with Gasteiger partial charge in [0.05, 0.1) is 18.5 Å². The van der Waals surface area contributed by atoms with Crippen LogP contribution in [-0.4, -0.2) is 41.9 Å². The Morgan fingerprint density at radius 1 is 1.14 bits per heavy atom. The molecule has 4 rings (SSSR count). The minimum atomic E-state index is 0.0799. The number of carbonyl (C=O) groups excluding carboxylic acids is 1. The van der Waals surface area contributed by atoms with Gasteiger partial charge in [-0.15, -0.1) is 0 Å². The first-order chi connectivity index (χ1) is 14.0. The van der Waals surface area contributed by atoms with E-state index in [0.717, 1.165) is 29.2 Å². The number of hydrogen-bond acceptors (Lipinski definition) is 4. The number of hydrogen-bond donors (Lipinski definition) is 0. The summed E-state index contributed by atoms with van der Waals surface area (Å²) in [6, 6.07) is 11.6. The molecule has 0 radical (unpaired) electrons. The minimum absolute atomic E-state index is 0.0799. The summed E-state index contributed by atoms with van der Waals surface area (Å²) in [4.78, 5) is 18.6. The molecule has 1 saturated carbocycles. The Hall–Kier alpha value is -2.20. The molecule has 0 atom stereocenters. The Balaban J connectivity index is 1.24. The van der Waals surface area contributed by atoms with E-state index in [-0.39, 0.29) is 5.78 Å². The summed E-state index contributed by atoms with van der Waals surface area (Å²) in [5.74, 6) is 1.55. The Morgan fingerprint density at radius 2 is 1.86 bits per heavy atom. The number of pyridine rings is 1. The van der Waals surface area contributed by atoms with Crippen LogP contribution in [0.25, 0.3) is 11.3 Å². The third-order valence-electron chi connectivity index (χ3n) is 6.68. The van der Waals surface area contributed by atoms with E-state index < -0.39 is 0 Å². The highest BCUT2D eigenvalue weighted by Gasteiger charge is 2.34. The van der Waals surface area contributed by atoms with Crippen molar-refractivity contribution in [3.05, 3.63) is 48.2 Å². The molecule has 1 aliphatic heterocycles. The highest BCUT2D eigenvalue weighted by Crippen LogP contribution is 2.41. The Morgan fingerprint density at radius 3 is 2.41 bits per heavy atom. The number of benzene rings is 1. The molecule has 0 amide bonds. The number of rotatable bonds is 7. The molecule has 0 N–H and O–H groups in total. The fraction of sp³-hybridized carbons (Fsp3) is 0.520. The predicted octanol–water partition coefficient (Wildman–Crippen LogP) is 5.23. The van der Waals surface area contributed by atoms with Gasteiger partial charge in [-0.2, -0.15) is 0 Å². The standard InChI is InChI=1S/C25H32N2O2/c1-19(28)21-4-6-22(7-5-21)24-9-8-23(16-26-24)29-17-20-10-14-27(15-11-20)18-25(2)12-3-13-25/h4-9,16,20H,3,10-15,17-18H2,1-2H3. The summed E-state index contributed by atoms with van der Waals surface area (Å²) in [6.45, 7) is 8.49. The third-order valence-corrected chi connectivity index (χ3v) is 6.68. The van der Waals surface area contributed by atoms with Crippen LogP contribution in [0.3, 0.4) is 0 Å². The predicted molar refractivity (Wildman–Crippen MR) is 116 cm³/mol. The van der Waals surface area contributed by atoms with Gasteiger partial charge in [0.2, 0.25) is 0 Å². The van der Waals surface area contributed by atoms with Crippen LogP contribution in [0.4, 0.5) is 0 Å². The summed E-state index contributed by atoms with van der Waals surface area (Å²) in [5, 5.41) is 0. The van der Waals surface area contributed by atoms with Crippen molar-refractivity contribution in [1.82, 2.24) is 9.88 Å². The number of carbonyl (C=O) groups is 1. The van der Waals surface area contributed by atoms with Gasteiger partial charge < -0.3 is 9.64 Å². The van der Waals surface area contributed by atoms with Crippen LogP contribution < -0.4 is 4.74 Å². The molecule has 1 aromatic carbocycles. The maximum atomic E-state index is 11.4. The van der Waals surface area contributed by atoms with Crippen LogP contribution in [0.2, 0.25) is 0 Å². The van der Waals surface area contributed by atoms with Gasteiger partial charge in [0.1, 0.15) is 5.75 Å². The van der Waals surface area contributed by atoms with Gasteiger partial charge in [-0.05, 0) is 69.2 Å². The van der Waals surface area contributed by atoms with Gasteiger partial charge in [-0.1, -0.05) is 37.6 Å². The second-order valence-corrected chi connectivity index (χ2v) is 9.21.